The molecule has 2 aliphatic carbocycles. The van der Waals surface area contributed by atoms with Crippen molar-refractivity contribution in [2.75, 3.05) is 23.4 Å². The van der Waals surface area contributed by atoms with E-state index in [0.29, 0.717) is 66.2 Å². The fourth-order valence-corrected chi connectivity index (χ4v) is 7.60. The number of aromatic amines is 3. The van der Waals surface area contributed by atoms with Crippen LogP contribution in [-0.2, 0) is 0 Å². The van der Waals surface area contributed by atoms with E-state index in [9.17, 15) is 19.2 Å². The molecular formula is C38H32Cl3KN4O5S2. The summed E-state index contributed by atoms with van der Waals surface area (Å²) in [6.07, 6.45) is 4.07. The molecule has 0 saturated heterocycles. The molecule has 2 aromatic heterocycles. The summed E-state index contributed by atoms with van der Waals surface area (Å²) < 4.78 is 0.438. The molecule has 0 fully saturated rings. The van der Waals surface area contributed by atoms with E-state index in [-0.39, 0.29) is 80.0 Å². The van der Waals surface area contributed by atoms with Crippen molar-refractivity contribution in [2.45, 2.75) is 30.8 Å². The normalized spacial score (nSPS) is 12.3. The molecule has 2 aliphatic rings. The maximum absolute atomic E-state index is 12.9. The van der Waals surface area contributed by atoms with Crippen molar-refractivity contribution in [3.05, 3.63) is 122 Å². The van der Waals surface area contributed by atoms with Crippen molar-refractivity contribution < 1.29 is 76.0 Å². The molecule has 0 unspecified atom stereocenters. The molecule has 0 spiro atoms. The van der Waals surface area contributed by atoms with Gasteiger partial charge in [-0.25, -0.2) is 4.98 Å². The van der Waals surface area contributed by atoms with Crippen LogP contribution in [0.4, 0.5) is 0 Å². The number of carbonyl (C=O) groups excluding carboxylic acids is 4. The van der Waals surface area contributed by atoms with Gasteiger partial charge in [-0.05, 0) is 62.2 Å². The molecule has 15 heteroatoms. The van der Waals surface area contributed by atoms with Crippen LogP contribution in [0.5, 0.6) is 0 Å². The average Bonchev–Trinajstić information content (AvgIpc) is 3.76. The Hall–Kier alpha value is -2.46. The summed E-state index contributed by atoms with van der Waals surface area (Å²) in [5.74, 6) is 2.52. The van der Waals surface area contributed by atoms with Gasteiger partial charge in [0.15, 0.2) is 33.1 Å². The summed E-state index contributed by atoms with van der Waals surface area (Å²) in [6.45, 7) is 0. The largest absolute Gasteiger partial charge is 1.00 e. The van der Waals surface area contributed by atoms with Crippen molar-refractivity contribution in [3.8, 4) is 0 Å². The van der Waals surface area contributed by atoms with Gasteiger partial charge in [0.1, 0.15) is 5.52 Å². The molecule has 2 heterocycles. The minimum atomic E-state index is -0.147. The van der Waals surface area contributed by atoms with Crippen LogP contribution in [-0.4, -0.2) is 71.9 Å². The molecule has 268 valence electrons. The van der Waals surface area contributed by atoms with E-state index in [1.54, 1.807) is 78.5 Å². The Kier molecular flexibility index (Phi) is 16.3. The second-order valence-electron chi connectivity index (χ2n) is 11.7. The van der Waals surface area contributed by atoms with Crippen molar-refractivity contribution in [2.24, 2.45) is 0 Å². The Balaban J connectivity index is 0.000000202. The number of carbonyl (C=O) groups is 4. The third-order valence-corrected chi connectivity index (χ3v) is 10.4. The fourth-order valence-electron chi connectivity index (χ4n) is 5.94. The smallest absolute Gasteiger partial charge is 0.870 e. The summed E-state index contributed by atoms with van der Waals surface area (Å²) in [5, 5.41) is 0.761. The van der Waals surface area contributed by atoms with Crippen molar-refractivity contribution >= 4 is 104 Å². The Morgan fingerprint density at radius 2 is 1.04 bits per heavy atom. The number of rotatable bonds is 8. The van der Waals surface area contributed by atoms with Gasteiger partial charge in [-0.3, -0.25) is 19.2 Å². The van der Waals surface area contributed by atoms with E-state index in [1.807, 2.05) is 6.07 Å². The van der Waals surface area contributed by atoms with Gasteiger partial charge in [-0.15, -0.1) is 34.8 Å². The van der Waals surface area contributed by atoms with E-state index < -0.39 is 0 Å². The second-order valence-corrected chi connectivity index (χ2v) is 14.3. The van der Waals surface area contributed by atoms with E-state index >= 15 is 0 Å². The molecule has 0 atom stereocenters. The maximum atomic E-state index is 12.9. The average molecular weight is 834 g/mol. The summed E-state index contributed by atoms with van der Waals surface area (Å²) in [6, 6.07) is 20.8. The number of hydrogen-bond acceptors (Lipinski definition) is 8. The van der Waals surface area contributed by atoms with Gasteiger partial charge in [-0.1, -0.05) is 60.3 Å². The molecular weight excluding hydrogens is 802 g/mol. The van der Waals surface area contributed by atoms with Crippen LogP contribution in [0.1, 0.15) is 89.4 Å². The first-order valence-electron chi connectivity index (χ1n) is 16.2. The van der Waals surface area contributed by atoms with E-state index in [2.05, 4.69) is 19.9 Å². The number of benzene rings is 4. The number of H-pyrrole nitrogens is 3. The Bertz CT molecular complexity index is 2370. The summed E-state index contributed by atoms with van der Waals surface area (Å²) in [4.78, 5) is 64.6. The Morgan fingerprint density at radius 3 is 1.58 bits per heavy atom. The van der Waals surface area contributed by atoms with E-state index in [1.165, 1.54) is 0 Å². The number of hydrogen-bond donors (Lipinski definition) is 3. The predicted octanol–water partition coefficient (Wildman–Crippen LogP) is 6.52. The number of nitrogens with zero attached hydrogens (tertiary/aromatic N) is 1. The van der Waals surface area contributed by atoms with E-state index in [0.717, 1.165) is 59.4 Å². The minimum absolute atomic E-state index is 0. The van der Waals surface area contributed by atoms with Gasteiger partial charge in [0.25, 0.3) is 0 Å². The number of aromatic nitrogens is 4. The molecule has 0 aliphatic heterocycles. The van der Waals surface area contributed by atoms with Crippen LogP contribution in [0.3, 0.4) is 0 Å². The van der Waals surface area contributed by atoms with Gasteiger partial charge in [0, 0.05) is 56.8 Å². The molecule has 6 aromatic rings. The van der Waals surface area contributed by atoms with Crippen LogP contribution in [0, 0.1) is 4.77 Å². The first kappa shape index (κ1) is 43.3. The molecule has 4 aromatic carbocycles. The fraction of sp³-hybridized carbons (Fsp3) is 0.211. The summed E-state index contributed by atoms with van der Waals surface area (Å²) >= 11 is 23.0. The third-order valence-electron chi connectivity index (χ3n) is 8.38. The molecule has 0 saturated carbocycles. The number of nitrogens with one attached hydrogen (secondary N) is 3. The van der Waals surface area contributed by atoms with E-state index in [4.69, 9.17) is 47.0 Å². The second kappa shape index (κ2) is 19.9. The number of thioether (sulfide) groups is 1. The van der Waals surface area contributed by atoms with Crippen LogP contribution >= 0.6 is 58.8 Å². The first-order chi connectivity index (χ1) is 24.8. The molecule has 8 rings (SSSR count). The summed E-state index contributed by atoms with van der Waals surface area (Å²) in [5.41, 5.74) is 6.16. The van der Waals surface area contributed by atoms with Gasteiger partial charge in [-0.2, -0.15) is 0 Å². The molecule has 0 bridgehead atoms. The quantitative estimate of drug-likeness (QED) is 0.0514. The molecule has 0 amide bonds. The van der Waals surface area contributed by atoms with Gasteiger partial charge in [0.2, 0.25) is 0 Å². The Morgan fingerprint density at radius 1 is 0.566 bits per heavy atom. The molecule has 0 radical (unpaired) electrons. The van der Waals surface area contributed by atoms with Crippen LogP contribution in [0.2, 0.25) is 0 Å². The van der Waals surface area contributed by atoms with Gasteiger partial charge >= 0.3 is 51.4 Å². The maximum Gasteiger partial charge on any atom is 1.00 e. The number of halogens is 3. The monoisotopic (exact) mass is 832 g/mol. The SMILES string of the molecule is ClCCCCCl.O=C1c2ccccc2C(=O)c2c1ccc1[nH]c(=S)[nH]c21.O=C1c2ccccc2C(=O)c2c1ccc1[nH]c(SCCCCCl)nc21.[K+].[OH-]. The van der Waals surface area contributed by atoms with Crippen molar-refractivity contribution in [1.82, 2.24) is 19.9 Å². The zero-order valence-corrected chi connectivity index (χ0v) is 35.6. The molecule has 53 heavy (non-hydrogen) atoms. The van der Waals surface area contributed by atoms with Gasteiger partial charge in [0.05, 0.1) is 27.7 Å². The molecule has 9 nitrogen and oxygen atoms in total. The first-order valence-corrected chi connectivity index (χ1v) is 19.2. The van der Waals surface area contributed by atoms with Crippen LogP contribution < -0.4 is 51.4 Å². The number of ketones is 4. The minimum Gasteiger partial charge on any atom is -0.870 e. The number of imidazole rings is 2. The standard InChI is InChI=1S/C19H15ClN2O2S.C15H8N2O2S.C4H8Cl2.K.H2O/c20-9-3-4-10-25-19-21-14-8-7-13-15(16(14)22-19)18(24)12-6-2-1-5-11(12)17(13)23;18-13-7-3-1-2-4-8(7)14(19)11-9(13)5-6-10-12(11)17-15(20)16-10;5-3-1-2-4-6;;/h1-2,5-8H,3-4,9-10H2,(H,21,22);1-6H,(H2,16,17,20);1-4H2;;1H2/q;;;+1;/p-1. The van der Waals surface area contributed by atoms with Crippen LogP contribution in [0.25, 0.3) is 22.1 Å². The van der Waals surface area contributed by atoms with Crippen molar-refractivity contribution in [1.29, 1.82) is 0 Å². The third kappa shape index (κ3) is 9.16. The Labute approximate surface area is 372 Å². The summed E-state index contributed by atoms with van der Waals surface area (Å²) in [7, 11) is 0. The zero-order chi connectivity index (χ0) is 36.1. The predicted molar refractivity (Wildman–Crippen MR) is 209 cm³/mol. The zero-order valence-electron chi connectivity index (χ0n) is 28.6. The number of fused-ring (bicyclic) bond motifs is 8. The molecule has 4 N–H and O–H groups in total. The number of unbranched alkanes of at least 4 members (excludes halogenated alkanes) is 2. The number of alkyl halides is 3. The van der Waals surface area contributed by atoms with Crippen LogP contribution in [0.15, 0.2) is 78.0 Å². The van der Waals surface area contributed by atoms with Gasteiger partial charge < -0.3 is 20.4 Å². The topological polar surface area (TPSA) is 159 Å². The van der Waals surface area contributed by atoms with Crippen molar-refractivity contribution in [3.63, 3.8) is 0 Å².